The predicted octanol–water partition coefficient (Wildman–Crippen LogP) is 4.46. The molecule has 1 fully saturated rings. The van der Waals surface area contributed by atoms with Crippen molar-refractivity contribution in [1.82, 2.24) is 9.97 Å². The Labute approximate surface area is 117 Å². The van der Waals surface area contributed by atoms with Gasteiger partial charge in [-0.2, -0.15) is 4.98 Å². The molecule has 0 unspecified atom stereocenters. The zero-order valence-electron chi connectivity index (χ0n) is 11.2. The van der Waals surface area contributed by atoms with E-state index in [2.05, 4.69) is 39.7 Å². The zero-order valence-corrected chi connectivity index (χ0v) is 12.7. The van der Waals surface area contributed by atoms with Gasteiger partial charge >= 0.3 is 0 Å². The van der Waals surface area contributed by atoms with Crippen molar-refractivity contribution in [2.75, 3.05) is 0 Å². The van der Waals surface area contributed by atoms with E-state index in [0.717, 1.165) is 23.3 Å². The molecule has 0 saturated heterocycles. The summed E-state index contributed by atoms with van der Waals surface area (Å²) in [7, 11) is 0. The molecule has 2 rings (SSSR count). The maximum atomic E-state index is 6.03. The van der Waals surface area contributed by atoms with Crippen LogP contribution >= 0.6 is 15.9 Å². The molecule has 100 valence electrons. The Morgan fingerprint density at radius 1 is 1.17 bits per heavy atom. The molecule has 1 aliphatic carbocycles. The highest BCUT2D eigenvalue weighted by molar-refractivity contribution is 9.10. The fourth-order valence-corrected chi connectivity index (χ4v) is 2.64. The molecular formula is C14H21BrN2O. The van der Waals surface area contributed by atoms with Gasteiger partial charge in [-0.1, -0.05) is 26.7 Å². The van der Waals surface area contributed by atoms with E-state index in [1.165, 1.54) is 25.7 Å². The van der Waals surface area contributed by atoms with E-state index in [9.17, 15) is 0 Å². The van der Waals surface area contributed by atoms with Crippen LogP contribution in [0.5, 0.6) is 5.88 Å². The monoisotopic (exact) mass is 312 g/mol. The van der Waals surface area contributed by atoms with Crippen LogP contribution in [0, 0.1) is 0 Å². The Balaban J connectivity index is 2.07. The fourth-order valence-electron chi connectivity index (χ4n) is 2.26. The van der Waals surface area contributed by atoms with Crippen molar-refractivity contribution in [2.45, 2.75) is 64.4 Å². The Morgan fingerprint density at radius 2 is 1.83 bits per heavy atom. The molecule has 0 aliphatic heterocycles. The van der Waals surface area contributed by atoms with E-state index in [1.807, 2.05) is 6.07 Å². The third-order valence-corrected chi connectivity index (χ3v) is 3.70. The van der Waals surface area contributed by atoms with Crippen LogP contribution in [0.2, 0.25) is 0 Å². The molecule has 1 saturated carbocycles. The van der Waals surface area contributed by atoms with Crippen molar-refractivity contribution in [2.24, 2.45) is 0 Å². The van der Waals surface area contributed by atoms with Gasteiger partial charge in [-0.05, 0) is 41.6 Å². The Morgan fingerprint density at radius 3 is 2.44 bits per heavy atom. The average molecular weight is 313 g/mol. The second-order valence-electron chi connectivity index (χ2n) is 5.27. The normalized spacial score (nSPS) is 17.8. The van der Waals surface area contributed by atoms with Gasteiger partial charge in [0.15, 0.2) is 0 Å². The van der Waals surface area contributed by atoms with Crippen LogP contribution < -0.4 is 4.74 Å². The summed E-state index contributed by atoms with van der Waals surface area (Å²) in [6, 6.07) is 1.87. The first kappa shape index (κ1) is 13.8. The number of rotatable bonds is 3. The summed E-state index contributed by atoms with van der Waals surface area (Å²) < 4.78 is 6.84. The van der Waals surface area contributed by atoms with Gasteiger partial charge in [-0.15, -0.1) is 0 Å². The largest absolute Gasteiger partial charge is 0.474 e. The maximum absolute atomic E-state index is 6.03. The summed E-state index contributed by atoms with van der Waals surface area (Å²) in [6.45, 7) is 4.19. The van der Waals surface area contributed by atoms with E-state index in [4.69, 9.17) is 4.74 Å². The summed E-state index contributed by atoms with van der Waals surface area (Å²) in [4.78, 5) is 8.86. The lowest BCUT2D eigenvalue weighted by Gasteiger charge is -2.17. The van der Waals surface area contributed by atoms with Gasteiger partial charge in [0.25, 0.3) is 0 Å². The highest BCUT2D eigenvalue weighted by Crippen LogP contribution is 2.24. The quantitative estimate of drug-likeness (QED) is 0.610. The first-order chi connectivity index (χ1) is 8.65. The first-order valence-corrected chi connectivity index (χ1v) is 7.65. The van der Waals surface area contributed by atoms with E-state index >= 15 is 0 Å². The number of hydrogen-bond donors (Lipinski definition) is 0. The van der Waals surface area contributed by atoms with E-state index in [1.54, 1.807) is 0 Å². The molecule has 3 nitrogen and oxygen atoms in total. The molecule has 1 aromatic rings. The standard InChI is InChI=1S/C14H21BrN2O/c1-10(2)14-16-12(15)9-13(17-14)18-11-7-5-3-4-6-8-11/h9-11H,3-8H2,1-2H3. The second-order valence-corrected chi connectivity index (χ2v) is 6.09. The molecule has 0 spiro atoms. The summed E-state index contributed by atoms with van der Waals surface area (Å²) >= 11 is 3.43. The van der Waals surface area contributed by atoms with Crippen molar-refractivity contribution in [3.05, 3.63) is 16.5 Å². The SMILES string of the molecule is CC(C)c1nc(Br)cc(OC2CCCCCC2)n1. The van der Waals surface area contributed by atoms with Gasteiger partial charge in [-0.3, -0.25) is 0 Å². The molecule has 0 radical (unpaired) electrons. The lowest BCUT2D eigenvalue weighted by atomic mass is 10.1. The number of hydrogen-bond acceptors (Lipinski definition) is 3. The Hall–Kier alpha value is -0.640. The molecule has 0 N–H and O–H groups in total. The van der Waals surface area contributed by atoms with Crippen molar-refractivity contribution in [3.63, 3.8) is 0 Å². The van der Waals surface area contributed by atoms with Crippen LogP contribution in [0.15, 0.2) is 10.7 Å². The minimum absolute atomic E-state index is 0.319. The van der Waals surface area contributed by atoms with Crippen molar-refractivity contribution < 1.29 is 4.74 Å². The zero-order chi connectivity index (χ0) is 13.0. The number of ether oxygens (including phenoxy) is 1. The fraction of sp³-hybridized carbons (Fsp3) is 0.714. The summed E-state index contributed by atoms with van der Waals surface area (Å²) in [5.74, 6) is 1.87. The van der Waals surface area contributed by atoms with Crippen molar-refractivity contribution >= 4 is 15.9 Å². The smallest absolute Gasteiger partial charge is 0.218 e. The van der Waals surface area contributed by atoms with Gasteiger partial charge in [0.2, 0.25) is 5.88 Å². The molecule has 1 heterocycles. The maximum Gasteiger partial charge on any atom is 0.218 e. The summed E-state index contributed by atoms with van der Waals surface area (Å²) in [6.07, 6.45) is 7.85. The molecule has 0 atom stereocenters. The summed E-state index contributed by atoms with van der Waals surface area (Å²) in [5.41, 5.74) is 0. The molecule has 0 bridgehead atoms. The Bertz CT molecular complexity index is 387. The lowest BCUT2D eigenvalue weighted by molar-refractivity contribution is 0.175. The van der Waals surface area contributed by atoms with Gasteiger partial charge in [0.05, 0.1) is 0 Å². The van der Waals surface area contributed by atoms with Crippen LogP contribution in [0.25, 0.3) is 0 Å². The number of halogens is 1. The van der Waals surface area contributed by atoms with Crippen LogP contribution in [0.4, 0.5) is 0 Å². The molecule has 1 aliphatic rings. The average Bonchev–Trinajstić information content (AvgIpc) is 2.57. The minimum Gasteiger partial charge on any atom is -0.474 e. The molecule has 0 aromatic carbocycles. The van der Waals surface area contributed by atoms with Crippen LogP contribution in [-0.4, -0.2) is 16.1 Å². The van der Waals surface area contributed by atoms with Gasteiger partial charge in [0, 0.05) is 12.0 Å². The third-order valence-electron chi connectivity index (χ3n) is 3.29. The second kappa shape index (κ2) is 6.50. The van der Waals surface area contributed by atoms with Crippen molar-refractivity contribution in [3.8, 4) is 5.88 Å². The van der Waals surface area contributed by atoms with Gasteiger partial charge < -0.3 is 4.74 Å². The molecular weight excluding hydrogens is 292 g/mol. The highest BCUT2D eigenvalue weighted by atomic mass is 79.9. The third kappa shape index (κ3) is 3.94. The number of nitrogens with zero attached hydrogens (tertiary/aromatic N) is 2. The predicted molar refractivity (Wildman–Crippen MR) is 75.9 cm³/mol. The summed E-state index contributed by atoms with van der Waals surface area (Å²) in [5, 5.41) is 0. The van der Waals surface area contributed by atoms with Crippen molar-refractivity contribution in [1.29, 1.82) is 0 Å². The molecule has 4 heteroatoms. The van der Waals surface area contributed by atoms with Crippen LogP contribution in [0.1, 0.15) is 64.1 Å². The number of aromatic nitrogens is 2. The van der Waals surface area contributed by atoms with Crippen LogP contribution in [-0.2, 0) is 0 Å². The topological polar surface area (TPSA) is 35.0 Å². The van der Waals surface area contributed by atoms with E-state index < -0.39 is 0 Å². The Kier molecular flexibility index (Phi) is 4.98. The first-order valence-electron chi connectivity index (χ1n) is 6.86. The van der Waals surface area contributed by atoms with E-state index in [0.29, 0.717) is 17.9 Å². The molecule has 18 heavy (non-hydrogen) atoms. The van der Waals surface area contributed by atoms with Gasteiger partial charge in [0.1, 0.15) is 16.5 Å². The van der Waals surface area contributed by atoms with Gasteiger partial charge in [-0.25, -0.2) is 4.98 Å². The van der Waals surface area contributed by atoms with E-state index in [-0.39, 0.29) is 0 Å². The molecule has 0 amide bonds. The molecule has 1 aromatic heterocycles. The highest BCUT2D eigenvalue weighted by Gasteiger charge is 2.15. The lowest BCUT2D eigenvalue weighted by Crippen LogP contribution is -2.16. The van der Waals surface area contributed by atoms with Crippen LogP contribution in [0.3, 0.4) is 0 Å². The minimum atomic E-state index is 0.319.